The Morgan fingerprint density at radius 2 is 1.55 bits per heavy atom. The van der Waals surface area contributed by atoms with E-state index in [1.807, 2.05) is 0 Å². The normalized spacial score (nSPS) is 17.1. The van der Waals surface area contributed by atoms with Crippen LogP contribution >= 0.6 is 0 Å². The van der Waals surface area contributed by atoms with Crippen molar-refractivity contribution in [3.8, 4) is 0 Å². The number of nitrogens with one attached hydrogen (secondary N) is 1. The lowest BCUT2D eigenvalue weighted by atomic mass is 10.0. The molecule has 2 aromatic carbocycles. The molecule has 0 spiro atoms. The summed E-state index contributed by atoms with van der Waals surface area (Å²) in [6.07, 6.45) is 1.59. The number of hydrogen-bond donors (Lipinski definition) is 1. The van der Waals surface area contributed by atoms with Crippen LogP contribution in [-0.4, -0.2) is 12.2 Å². The summed E-state index contributed by atoms with van der Waals surface area (Å²) in [7, 11) is 0. The van der Waals surface area contributed by atoms with Crippen molar-refractivity contribution in [3.63, 3.8) is 0 Å². The van der Waals surface area contributed by atoms with Crippen molar-refractivity contribution in [2.75, 3.05) is 0 Å². The zero-order chi connectivity index (χ0) is 15.7. The lowest BCUT2D eigenvalue weighted by molar-refractivity contribution is 0.755. The predicted octanol–water partition coefficient (Wildman–Crippen LogP) is 4.00. The fourth-order valence-corrected chi connectivity index (χ4v) is 2.85. The summed E-state index contributed by atoms with van der Waals surface area (Å²) in [5.74, 6) is 0.887. The molecule has 1 aliphatic heterocycles. The molecule has 0 saturated carbocycles. The van der Waals surface area contributed by atoms with E-state index in [-0.39, 0.29) is 6.17 Å². The minimum absolute atomic E-state index is 0.169. The second-order valence-electron chi connectivity index (χ2n) is 5.95. The van der Waals surface area contributed by atoms with Crippen LogP contribution in [0, 0.1) is 27.7 Å². The van der Waals surface area contributed by atoms with Crippen LogP contribution in [0.3, 0.4) is 0 Å². The Bertz CT molecular complexity index is 772. The lowest BCUT2D eigenvalue weighted by Crippen LogP contribution is -2.28. The Balaban J connectivity index is 1.99. The topological polar surface area (TPSA) is 36.8 Å². The summed E-state index contributed by atoms with van der Waals surface area (Å²) in [5, 5.41) is 3.18. The standard InChI is InChI=1S/C19H21N3/c1-12-5-7-16(14(3)9-12)18-20-11-21-19(22-18)17-8-6-13(2)10-15(17)4/h5-11,18H,1-4H3,(H,20,21,22). The molecule has 22 heavy (non-hydrogen) atoms. The Morgan fingerprint density at radius 3 is 2.23 bits per heavy atom. The van der Waals surface area contributed by atoms with E-state index in [0.29, 0.717) is 0 Å². The second-order valence-corrected chi connectivity index (χ2v) is 5.95. The van der Waals surface area contributed by atoms with Gasteiger partial charge in [-0.3, -0.25) is 0 Å². The van der Waals surface area contributed by atoms with Crippen molar-refractivity contribution in [2.45, 2.75) is 33.9 Å². The van der Waals surface area contributed by atoms with Crippen LogP contribution in [0.5, 0.6) is 0 Å². The van der Waals surface area contributed by atoms with Crippen molar-refractivity contribution in [1.82, 2.24) is 5.32 Å². The smallest absolute Gasteiger partial charge is 0.169 e. The van der Waals surface area contributed by atoms with Gasteiger partial charge in [-0.15, -0.1) is 0 Å². The molecule has 2 aromatic rings. The number of benzene rings is 2. The Kier molecular flexibility index (Phi) is 3.80. The molecule has 1 unspecified atom stereocenters. The van der Waals surface area contributed by atoms with E-state index in [0.717, 1.165) is 17.0 Å². The molecule has 1 heterocycles. The average molecular weight is 291 g/mol. The molecule has 0 fully saturated rings. The number of hydrogen-bond acceptors (Lipinski definition) is 3. The highest BCUT2D eigenvalue weighted by Crippen LogP contribution is 2.25. The molecule has 1 atom stereocenters. The molecule has 1 N–H and O–H groups in total. The van der Waals surface area contributed by atoms with Crippen molar-refractivity contribution in [2.24, 2.45) is 9.98 Å². The maximum Gasteiger partial charge on any atom is 0.169 e. The van der Waals surface area contributed by atoms with Gasteiger partial charge in [0.05, 0.1) is 6.34 Å². The summed E-state index contributed by atoms with van der Waals surface area (Å²) in [6, 6.07) is 12.8. The number of nitrogens with zero attached hydrogens (tertiary/aromatic N) is 2. The molecule has 3 heteroatoms. The number of aliphatic imine (C=N–C) groups is 2. The van der Waals surface area contributed by atoms with Gasteiger partial charge < -0.3 is 5.32 Å². The molecule has 0 aliphatic carbocycles. The highest BCUT2D eigenvalue weighted by Gasteiger charge is 2.17. The average Bonchev–Trinajstić information content (AvgIpc) is 2.47. The van der Waals surface area contributed by atoms with Gasteiger partial charge in [0.25, 0.3) is 0 Å². The summed E-state index contributed by atoms with van der Waals surface area (Å²) < 4.78 is 0. The van der Waals surface area contributed by atoms with Crippen molar-refractivity contribution in [3.05, 3.63) is 69.8 Å². The summed E-state index contributed by atoms with van der Waals surface area (Å²) in [6.45, 7) is 8.44. The third-order valence-electron chi connectivity index (χ3n) is 4.01. The van der Waals surface area contributed by atoms with Gasteiger partial charge >= 0.3 is 0 Å². The molecule has 0 amide bonds. The van der Waals surface area contributed by atoms with E-state index in [2.05, 4.69) is 74.4 Å². The third kappa shape index (κ3) is 2.80. The number of amidine groups is 1. The van der Waals surface area contributed by atoms with Gasteiger partial charge in [-0.2, -0.15) is 0 Å². The van der Waals surface area contributed by atoms with Crippen LogP contribution in [0.4, 0.5) is 0 Å². The molecule has 112 valence electrons. The summed E-state index contributed by atoms with van der Waals surface area (Å²) in [5.41, 5.74) is 7.26. The largest absolute Gasteiger partial charge is 0.331 e. The lowest BCUT2D eigenvalue weighted by Gasteiger charge is -2.19. The molecule has 1 aliphatic rings. The Labute approximate surface area is 131 Å². The highest BCUT2D eigenvalue weighted by atomic mass is 15.2. The van der Waals surface area contributed by atoms with E-state index in [4.69, 9.17) is 4.99 Å². The first-order valence-electron chi connectivity index (χ1n) is 7.55. The van der Waals surface area contributed by atoms with Crippen LogP contribution in [0.15, 0.2) is 46.4 Å². The van der Waals surface area contributed by atoms with Crippen LogP contribution in [-0.2, 0) is 0 Å². The van der Waals surface area contributed by atoms with Crippen LogP contribution in [0.2, 0.25) is 0 Å². The van der Waals surface area contributed by atoms with Gasteiger partial charge in [0.2, 0.25) is 0 Å². The maximum absolute atomic E-state index is 4.81. The third-order valence-corrected chi connectivity index (χ3v) is 4.01. The number of aryl methyl sites for hydroxylation is 4. The van der Waals surface area contributed by atoms with Gasteiger partial charge in [-0.1, -0.05) is 47.5 Å². The van der Waals surface area contributed by atoms with Gasteiger partial charge in [0.1, 0.15) is 5.84 Å². The zero-order valence-electron chi connectivity index (χ0n) is 13.5. The van der Waals surface area contributed by atoms with E-state index < -0.39 is 0 Å². The van der Waals surface area contributed by atoms with Crippen molar-refractivity contribution in [1.29, 1.82) is 0 Å². The van der Waals surface area contributed by atoms with Gasteiger partial charge in [0.15, 0.2) is 6.17 Å². The molecule has 0 radical (unpaired) electrons. The molecule has 3 rings (SSSR count). The molecule has 0 aromatic heterocycles. The quantitative estimate of drug-likeness (QED) is 0.892. The second kappa shape index (κ2) is 5.76. The SMILES string of the molecule is Cc1ccc(C2=NC(c3ccc(C)cc3C)N=CN2)c(C)c1. The van der Waals surface area contributed by atoms with Crippen molar-refractivity contribution >= 4 is 12.2 Å². The van der Waals surface area contributed by atoms with Gasteiger partial charge in [0, 0.05) is 11.1 Å². The first-order valence-corrected chi connectivity index (χ1v) is 7.55. The molecular weight excluding hydrogens is 270 g/mol. The minimum Gasteiger partial charge on any atom is -0.331 e. The highest BCUT2D eigenvalue weighted by molar-refractivity contribution is 6.06. The van der Waals surface area contributed by atoms with Crippen molar-refractivity contribution < 1.29 is 0 Å². The van der Waals surface area contributed by atoms with E-state index in [9.17, 15) is 0 Å². The maximum atomic E-state index is 4.81. The van der Waals surface area contributed by atoms with Crippen LogP contribution in [0.1, 0.15) is 39.5 Å². The van der Waals surface area contributed by atoms with Gasteiger partial charge in [-0.25, -0.2) is 9.98 Å². The predicted molar refractivity (Wildman–Crippen MR) is 92.7 cm³/mol. The molecule has 0 bridgehead atoms. The van der Waals surface area contributed by atoms with E-state index >= 15 is 0 Å². The van der Waals surface area contributed by atoms with E-state index in [1.54, 1.807) is 6.34 Å². The zero-order valence-corrected chi connectivity index (χ0v) is 13.5. The molecule has 3 nitrogen and oxygen atoms in total. The summed E-state index contributed by atoms with van der Waals surface area (Å²) in [4.78, 5) is 9.30. The fourth-order valence-electron chi connectivity index (χ4n) is 2.85. The monoisotopic (exact) mass is 291 g/mol. The van der Waals surface area contributed by atoms with Gasteiger partial charge in [-0.05, 0) is 38.8 Å². The Hall–Kier alpha value is -2.42. The summed E-state index contributed by atoms with van der Waals surface area (Å²) >= 11 is 0. The van der Waals surface area contributed by atoms with E-state index in [1.165, 1.54) is 22.3 Å². The first-order chi connectivity index (χ1) is 10.5. The molecule has 0 saturated heterocycles. The Morgan fingerprint density at radius 1 is 0.864 bits per heavy atom. The van der Waals surface area contributed by atoms with Crippen LogP contribution in [0.25, 0.3) is 0 Å². The number of rotatable bonds is 2. The first kappa shape index (κ1) is 14.5. The minimum atomic E-state index is -0.169. The molecular formula is C19H21N3. The van der Waals surface area contributed by atoms with Crippen LogP contribution < -0.4 is 5.32 Å². The fraction of sp³-hybridized carbons (Fsp3) is 0.263.